The van der Waals surface area contributed by atoms with Gasteiger partial charge in [0.15, 0.2) is 5.82 Å². The molecule has 1 unspecified atom stereocenters. The van der Waals surface area contributed by atoms with Crippen molar-refractivity contribution < 1.29 is 14.1 Å². The number of rotatable bonds is 5. The molecule has 8 nitrogen and oxygen atoms in total. The fourth-order valence-electron chi connectivity index (χ4n) is 3.89. The van der Waals surface area contributed by atoms with Crippen LogP contribution < -0.4 is 5.32 Å². The van der Waals surface area contributed by atoms with E-state index in [2.05, 4.69) is 27.3 Å². The largest absolute Gasteiger partial charge is 0.384 e. The number of nitrogens with one attached hydrogen (secondary N) is 1. The molecular formula is C17H31Cl2N5O3. The van der Waals surface area contributed by atoms with Crippen molar-refractivity contribution in [2.24, 2.45) is 5.41 Å². The van der Waals surface area contributed by atoms with E-state index in [4.69, 9.17) is 9.26 Å². The summed E-state index contributed by atoms with van der Waals surface area (Å²) in [5.41, 5.74) is -0.364. The number of piperazine rings is 1. The van der Waals surface area contributed by atoms with Crippen molar-refractivity contribution in [2.75, 3.05) is 53.0 Å². The Bertz CT molecular complexity index is 581. The molecule has 1 atom stereocenters. The predicted molar refractivity (Wildman–Crippen MR) is 107 cm³/mol. The highest BCUT2D eigenvalue weighted by Crippen LogP contribution is 2.32. The second kappa shape index (κ2) is 10.6. The molecule has 0 radical (unpaired) electrons. The standard InChI is InChI=1S/C17H29N5O3.2ClH/c1-13(15-19-14(2)20-25-15)21-8-10-22(11-9-21)16(23)17(12-24-3)4-6-18-7-5-17;;/h13,18H,4-12H2,1-3H3;2*1H. The second-order valence-electron chi connectivity index (χ2n) is 7.15. The number of aromatic nitrogens is 2. The highest BCUT2D eigenvalue weighted by molar-refractivity contribution is 5.85. The Labute approximate surface area is 173 Å². The molecule has 0 aliphatic carbocycles. The molecule has 2 aliphatic rings. The number of hydrogen-bond acceptors (Lipinski definition) is 7. The van der Waals surface area contributed by atoms with Gasteiger partial charge in [-0.1, -0.05) is 5.16 Å². The highest BCUT2D eigenvalue weighted by Gasteiger charge is 2.43. The summed E-state index contributed by atoms with van der Waals surface area (Å²) < 4.78 is 10.7. The Kier molecular flexibility index (Phi) is 9.44. The number of hydrogen-bond donors (Lipinski definition) is 1. The summed E-state index contributed by atoms with van der Waals surface area (Å²) in [6.07, 6.45) is 1.69. The zero-order chi connectivity index (χ0) is 17.9. The normalized spacial score (nSPS) is 21.1. The molecule has 1 aromatic heterocycles. The van der Waals surface area contributed by atoms with Crippen molar-refractivity contribution in [1.29, 1.82) is 0 Å². The van der Waals surface area contributed by atoms with Gasteiger partial charge in [0.05, 0.1) is 18.1 Å². The van der Waals surface area contributed by atoms with Crippen LogP contribution in [0.2, 0.25) is 0 Å². The van der Waals surface area contributed by atoms with Crippen LogP contribution in [0, 0.1) is 12.3 Å². The van der Waals surface area contributed by atoms with E-state index in [9.17, 15) is 4.79 Å². The van der Waals surface area contributed by atoms with Gasteiger partial charge in [0, 0.05) is 33.3 Å². The molecule has 0 saturated carbocycles. The quantitative estimate of drug-likeness (QED) is 0.766. The van der Waals surface area contributed by atoms with Crippen molar-refractivity contribution in [2.45, 2.75) is 32.7 Å². The molecule has 0 spiro atoms. The van der Waals surface area contributed by atoms with Crippen LogP contribution >= 0.6 is 24.8 Å². The van der Waals surface area contributed by atoms with Gasteiger partial charge >= 0.3 is 0 Å². The lowest BCUT2D eigenvalue weighted by molar-refractivity contribution is -0.149. The van der Waals surface area contributed by atoms with Crippen LogP contribution in [-0.4, -0.2) is 78.8 Å². The minimum atomic E-state index is -0.364. The molecule has 156 valence electrons. The third kappa shape index (κ3) is 5.32. The summed E-state index contributed by atoms with van der Waals surface area (Å²) in [6.45, 7) is 9.25. The maximum absolute atomic E-state index is 13.2. The van der Waals surface area contributed by atoms with E-state index in [1.54, 1.807) is 7.11 Å². The molecular weight excluding hydrogens is 393 g/mol. The van der Waals surface area contributed by atoms with Gasteiger partial charge < -0.3 is 19.5 Å². The van der Waals surface area contributed by atoms with Gasteiger partial charge in [0.2, 0.25) is 11.8 Å². The van der Waals surface area contributed by atoms with Gasteiger partial charge in [-0.2, -0.15) is 4.98 Å². The summed E-state index contributed by atoms with van der Waals surface area (Å²) >= 11 is 0. The fourth-order valence-corrected chi connectivity index (χ4v) is 3.89. The maximum Gasteiger partial charge on any atom is 0.243 e. The van der Waals surface area contributed by atoms with Gasteiger partial charge in [-0.05, 0) is 39.8 Å². The number of aryl methyl sites for hydroxylation is 1. The zero-order valence-corrected chi connectivity index (χ0v) is 17.9. The first-order valence-corrected chi connectivity index (χ1v) is 9.09. The van der Waals surface area contributed by atoms with Crippen molar-refractivity contribution in [3.63, 3.8) is 0 Å². The number of carbonyl (C=O) groups excluding carboxylic acids is 1. The number of halogens is 2. The number of amides is 1. The van der Waals surface area contributed by atoms with Gasteiger partial charge in [-0.15, -0.1) is 24.8 Å². The first kappa shape index (κ1) is 24.1. The Morgan fingerprint density at radius 1 is 1.26 bits per heavy atom. The van der Waals surface area contributed by atoms with Crippen molar-refractivity contribution in [3.05, 3.63) is 11.7 Å². The first-order chi connectivity index (χ1) is 12.1. The molecule has 2 fully saturated rings. The minimum absolute atomic E-state index is 0. The Morgan fingerprint density at radius 2 is 1.89 bits per heavy atom. The Balaban J connectivity index is 0.00000182. The smallest absolute Gasteiger partial charge is 0.243 e. The van der Waals surface area contributed by atoms with E-state index in [0.29, 0.717) is 18.3 Å². The monoisotopic (exact) mass is 423 g/mol. The Morgan fingerprint density at radius 3 is 2.41 bits per heavy atom. The predicted octanol–water partition coefficient (Wildman–Crippen LogP) is 1.44. The molecule has 0 bridgehead atoms. The SMILES string of the molecule is COCC1(C(=O)N2CCN(C(C)c3nc(C)no3)CC2)CCNCC1.Cl.Cl. The van der Waals surface area contributed by atoms with E-state index in [-0.39, 0.29) is 42.2 Å². The van der Waals surface area contributed by atoms with Crippen molar-refractivity contribution in [1.82, 2.24) is 25.3 Å². The number of methoxy groups -OCH3 is 1. The van der Waals surface area contributed by atoms with Gasteiger partial charge in [0.25, 0.3) is 0 Å². The van der Waals surface area contributed by atoms with Gasteiger partial charge in [-0.25, -0.2) is 0 Å². The summed E-state index contributed by atoms with van der Waals surface area (Å²) in [6, 6.07) is 0.0743. The van der Waals surface area contributed by atoms with Gasteiger partial charge in [-0.3, -0.25) is 9.69 Å². The minimum Gasteiger partial charge on any atom is -0.384 e. The molecule has 0 aromatic carbocycles. The summed E-state index contributed by atoms with van der Waals surface area (Å²) in [5.74, 6) is 1.55. The number of nitrogens with zero attached hydrogens (tertiary/aromatic N) is 4. The van der Waals surface area contributed by atoms with Crippen LogP contribution in [0.3, 0.4) is 0 Å². The third-order valence-corrected chi connectivity index (χ3v) is 5.48. The van der Waals surface area contributed by atoms with E-state index in [0.717, 1.165) is 52.1 Å². The van der Waals surface area contributed by atoms with E-state index in [1.807, 2.05) is 11.8 Å². The Hall–Kier alpha value is -0.930. The second-order valence-corrected chi connectivity index (χ2v) is 7.15. The lowest BCUT2D eigenvalue weighted by Gasteiger charge is -2.43. The fraction of sp³-hybridized carbons (Fsp3) is 0.824. The number of ether oxygens (including phenoxy) is 1. The van der Waals surface area contributed by atoms with Crippen LogP contribution in [-0.2, 0) is 9.53 Å². The highest BCUT2D eigenvalue weighted by atomic mass is 35.5. The average molecular weight is 424 g/mol. The summed E-state index contributed by atoms with van der Waals surface area (Å²) in [7, 11) is 1.68. The maximum atomic E-state index is 13.2. The van der Waals surface area contributed by atoms with Gasteiger partial charge in [0.1, 0.15) is 0 Å². The lowest BCUT2D eigenvalue weighted by Crippen LogP contribution is -2.56. The van der Waals surface area contributed by atoms with E-state index >= 15 is 0 Å². The molecule has 1 N–H and O–H groups in total. The number of carbonyl (C=O) groups is 1. The third-order valence-electron chi connectivity index (χ3n) is 5.48. The van der Waals surface area contributed by atoms with Crippen LogP contribution in [0.25, 0.3) is 0 Å². The molecule has 10 heteroatoms. The molecule has 2 saturated heterocycles. The lowest BCUT2D eigenvalue weighted by atomic mass is 9.78. The van der Waals surface area contributed by atoms with E-state index < -0.39 is 0 Å². The number of piperidine rings is 1. The van der Waals surface area contributed by atoms with Crippen LogP contribution in [0.5, 0.6) is 0 Å². The molecule has 3 rings (SSSR count). The molecule has 1 aromatic rings. The van der Waals surface area contributed by atoms with Crippen LogP contribution in [0.1, 0.15) is 37.5 Å². The zero-order valence-electron chi connectivity index (χ0n) is 16.3. The topological polar surface area (TPSA) is 83.7 Å². The summed E-state index contributed by atoms with van der Waals surface area (Å²) in [5, 5.41) is 7.21. The molecule has 27 heavy (non-hydrogen) atoms. The van der Waals surface area contributed by atoms with Crippen LogP contribution in [0.4, 0.5) is 0 Å². The van der Waals surface area contributed by atoms with Crippen LogP contribution in [0.15, 0.2) is 4.52 Å². The van der Waals surface area contributed by atoms with E-state index in [1.165, 1.54) is 0 Å². The molecule has 3 heterocycles. The molecule has 1 amide bonds. The average Bonchev–Trinajstić information content (AvgIpc) is 3.08. The first-order valence-electron chi connectivity index (χ1n) is 9.09. The van der Waals surface area contributed by atoms with Crippen molar-refractivity contribution in [3.8, 4) is 0 Å². The van der Waals surface area contributed by atoms with Crippen molar-refractivity contribution >= 4 is 30.7 Å². The summed E-state index contributed by atoms with van der Waals surface area (Å²) in [4.78, 5) is 21.8. The molecule has 2 aliphatic heterocycles.